The predicted molar refractivity (Wildman–Crippen MR) is 230 cm³/mol. The molecule has 260 valence electrons. The van der Waals surface area contributed by atoms with Crippen LogP contribution in [-0.2, 0) is 0 Å². The van der Waals surface area contributed by atoms with E-state index >= 15 is 0 Å². The van der Waals surface area contributed by atoms with Gasteiger partial charge in [-0.05, 0) is 100 Å². The van der Waals surface area contributed by atoms with E-state index in [9.17, 15) is 0 Å². The van der Waals surface area contributed by atoms with Crippen molar-refractivity contribution in [3.8, 4) is 33.4 Å². The van der Waals surface area contributed by atoms with Crippen molar-refractivity contribution in [3.63, 3.8) is 0 Å². The molecule has 8 aromatic carbocycles. The summed E-state index contributed by atoms with van der Waals surface area (Å²) in [7, 11) is 0. The van der Waals surface area contributed by atoms with Gasteiger partial charge in [0.2, 0.25) is 0 Å². The summed E-state index contributed by atoms with van der Waals surface area (Å²) < 4.78 is 2.64. The molecular weight excluding hydrogens is 653 g/mol. The third kappa shape index (κ3) is 5.76. The van der Waals surface area contributed by atoms with Gasteiger partial charge in [-0.3, -0.25) is 0 Å². The number of hydrogen-bond donors (Lipinski definition) is 0. The van der Waals surface area contributed by atoms with Crippen molar-refractivity contribution < 1.29 is 0 Å². The number of nitrogens with zero attached hydrogens (tertiary/aromatic N) is 2. The largest absolute Gasteiger partial charge is 0.337 e. The molecule has 1 saturated carbocycles. The van der Waals surface area contributed by atoms with Gasteiger partial charge in [0.15, 0.2) is 0 Å². The van der Waals surface area contributed by atoms with E-state index in [4.69, 9.17) is 0 Å². The Balaban J connectivity index is 1.02. The third-order valence-electron chi connectivity index (χ3n) is 11.6. The van der Waals surface area contributed by atoms with Gasteiger partial charge in [-0.25, -0.2) is 0 Å². The number of benzene rings is 8. The van der Waals surface area contributed by atoms with Crippen molar-refractivity contribution in [1.29, 1.82) is 0 Å². The molecule has 1 aliphatic rings. The van der Waals surface area contributed by atoms with E-state index in [1.54, 1.807) is 0 Å². The van der Waals surface area contributed by atoms with E-state index in [1.807, 2.05) is 0 Å². The summed E-state index contributed by atoms with van der Waals surface area (Å²) in [4.78, 5) is 2.38. The summed E-state index contributed by atoms with van der Waals surface area (Å²) >= 11 is 0. The molecule has 1 heterocycles. The van der Waals surface area contributed by atoms with Crippen LogP contribution in [-0.4, -0.2) is 4.57 Å². The molecule has 0 radical (unpaired) electrons. The number of rotatable bonds is 7. The quantitative estimate of drug-likeness (QED) is 0.161. The molecule has 54 heavy (non-hydrogen) atoms. The molecule has 10 rings (SSSR count). The normalized spacial score (nSPS) is 13.5. The van der Waals surface area contributed by atoms with Crippen LogP contribution in [0, 0.1) is 0 Å². The van der Waals surface area contributed by atoms with Crippen LogP contribution in [0.2, 0.25) is 0 Å². The Labute approximate surface area is 317 Å². The molecular formula is C52H42N2. The molecule has 0 atom stereocenters. The van der Waals surface area contributed by atoms with Crippen LogP contribution >= 0.6 is 0 Å². The van der Waals surface area contributed by atoms with Gasteiger partial charge >= 0.3 is 0 Å². The van der Waals surface area contributed by atoms with Crippen molar-refractivity contribution in [3.05, 3.63) is 188 Å². The molecule has 2 heteroatoms. The number of aromatic nitrogens is 1. The molecule has 0 aliphatic heterocycles. The molecule has 0 bridgehead atoms. The number of anilines is 3. The number of para-hydroxylation sites is 2. The highest BCUT2D eigenvalue weighted by atomic mass is 15.1. The zero-order valence-electron chi connectivity index (χ0n) is 30.4. The summed E-state index contributed by atoms with van der Waals surface area (Å²) in [5.74, 6) is 0. The van der Waals surface area contributed by atoms with Crippen molar-refractivity contribution in [2.75, 3.05) is 4.90 Å². The van der Waals surface area contributed by atoms with Crippen molar-refractivity contribution in [2.45, 2.75) is 38.1 Å². The van der Waals surface area contributed by atoms with E-state index < -0.39 is 0 Å². The minimum Gasteiger partial charge on any atom is -0.337 e. The first kappa shape index (κ1) is 32.3. The van der Waals surface area contributed by atoms with E-state index in [2.05, 4.69) is 198 Å². The Morgan fingerprint density at radius 2 is 0.907 bits per heavy atom. The molecule has 0 unspecified atom stereocenters. The maximum atomic E-state index is 2.64. The van der Waals surface area contributed by atoms with Crippen LogP contribution in [0.15, 0.2) is 188 Å². The lowest BCUT2D eigenvalue weighted by Crippen LogP contribution is -2.12. The van der Waals surface area contributed by atoms with Crippen LogP contribution in [0.5, 0.6) is 0 Å². The highest BCUT2D eigenvalue weighted by molar-refractivity contribution is 6.10. The lowest BCUT2D eigenvalue weighted by molar-refractivity contribution is 0.367. The minimum absolute atomic E-state index is 0.590. The van der Waals surface area contributed by atoms with Crippen LogP contribution in [0.3, 0.4) is 0 Å². The van der Waals surface area contributed by atoms with Gasteiger partial charge in [0.1, 0.15) is 0 Å². The predicted octanol–water partition coefficient (Wildman–Crippen LogP) is 14.9. The van der Waals surface area contributed by atoms with Crippen LogP contribution in [0.25, 0.3) is 66.0 Å². The van der Waals surface area contributed by atoms with Crippen LogP contribution < -0.4 is 4.90 Å². The smallest absolute Gasteiger partial charge is 0.0540 e. The fraction of sp³-hybridized carbons (Fsp3) is 0.115. The molecule has 1 fully saturated rings. The Kier molecular flexibility index (Phi) is 8.30. The second-order valence-electron chi connectivity index (χ2n) is 14.7. The van der Waals surface area contributed by atoms with Gasteiger partial charge in [-0.2, -0.15) is 0 Å². The van der Waals surface area contributed by atoms with Crippen molar-refractivity contribution in [1.82, 2.24) is 4.57 Å². The Morgan fingerprint density at radius 1 is 0.370 bits per heavy atom. The topological polar surface area (TPSA) is 8.17 Å². The first-order valence-corrected chi connectivity index (χ1v) is 19.5. The minimum atomic E-state index is 0.590. The monoisotopic (exact) mass is 694 g/mol. The molecule has 2 nitrogen and oxygen atoms in total. The summed E-state index contributed by atoms with van der Waals surface area (Å²) in [6, 6.07) is 69.5. The van der Waals surface area contributed by atoms with E-state index in [0.717, 1.165) is 17.1 Å². The maximum Gasteiger partial charge on any atom is 0.0540 e. The average molecular weight is 695 g/mol. The maximum absolute atomic E-state index is 2.64. The fourth-order valence-electron chi connectivity index (χ4n) is 8.93. The summed E-state index contributed by atoms with van der Waals surface area (Å²) in [5, 5.41) is 5.17. The lowest BCUT2D eigenvalue weighted by Gasteiger charge is -2.27. The molecule has 1 aromatic heterocycles. The zero-order chi connectivity index (χ0) is 35.8. The van der Waals surface area contributed by atoms with Gasteiger partial charge in [-0.15, -0.1) is 0 Å². The Hall–Kier alpha value is -6.38. The summed E-state index contributed by atoms with van der Waals surface area (Å²) in [6.45, 7) is 0. The number of hydrogen-bond acceptors (Lipinski definition) is 1. The van der Waals surface area contributed by atoms with Crippen molar-refractivity contribution in [2.24, 2.45) is 0 Å². The average Bonchev–Trinajstić information content (AvgIpc) is 3.59. The standard InChI is InChI=1S/C52H42N2/c1-4-14-37(15-5-1)38-28-31-44(32-29-38)53(42-16-6-2-7-17-42)51-35-33-45(46-20-10-11-21-47(46)51)40-26-24-39(25-27-40)41-30-34-52-49(36-41)48-22-12-13-23-50(48)54(52)43-18-8-3-9-19-43/h1-2,4-7,10-17,20-36,43H,3,8-9,18-19H2. The zero-order valence-corrected chi connectivity index (χ0v) is 30.4. The second kappa shape index (κ2) is 13.9. The summed E-state index contributed by atoms with van der Waals surface area (Å²) in [5.41, 5.74) is 13.5. The second-order valence-corrected chi connectivity index (χ2v) is 14.7. The summed E-state index contributed by atoms with van der Waals surface area (Å²) in [6.07, 6.45) is 6.58. The van der Waals surface area contributed by atoms with Crippen LogP contribution in [0.1, 0.15) is 38.1 Å². The lowest BCUT2D eigenvalue weighted by atomic mass is 9.94. The van der Waals surface area contributed by atoms with Gasteiger partial charge in [-0.1, -0.05) is 159 Å². The Bertz CT molecular complexity index is 2720. The highest BCUT2D eigenvalue weighted by Gasteiger charge is 2.21. The molecule has 0 saturated heterocycles. The van der Waals surface area contributed by atoms with Gasteiger partial charge < -0.3 is 9.47 Å². The van der Waals surface area contributed by atoms with Crippen molar-refractivity contribution >= 4 is 49.6 Å². The van der Waals surface area contributed by atoms with Gasteiger partial charge in [0.25, 0.3) is 0 Å². The molecule has 9 aromatic rings. The third-order valence-corrected chi connectivity index (χ3v) is 11.6. The first-order valence-electron chi connectivity index (χ1n) is 19.5. The van der Waals surface area contributed by atoms with E-state index in [-0.39, 0.29) is 0 Å². The van der Waals surface area contributed by atoms with Gasteiger partial charge in [0, 0.05) is 44.6 Å². The molecule has 1 aliphatic carbocycles. The van der Waals surface area contributed by atoms with E-state index in [1.165, 1.54) is 98.1 Å². The van der Waals surface area contributed by atoms with E-state index in [0.29, 0.717) is 6.04 Å². The number of fused-ring (bicyclic) bond motifs is 4. The molecule has 0 N–H and O–H groups in total. The van der Waals surface area contributed by atoms with Gasteiger partial charge in [0.05, 0.1) is 5.69 Å². The molecule has 0 spiro atoms. The van der Waals surface area contributed by atoms with Crippen LogP contribution in [0.4, 0.5) is 17.1 Å². The Morgan fingerprint density at radius 3 is 1.67 bits per heavy atom. The first-order chi connectivity index (χ1) is 26.8. The highest BCUT2D eigenvalue weighted by Crippen LogP contribution is 2.43. The fourth-order valence-corrected chi connectivity index (χ4v) is 8.93. The molecule has 0 amide bonds. The SMILES string of the molecule is c1ccc(-c2ccc(N(c3ccccc3)c3ccc(-c4ccc(-c5ccc6c(c5)c5ccccc5n6C5CCCCC5)cc4)c4ccccc34)cc2)cc1.